The molecule has 0 radical (unpaired) electrons. The molecular formula is C16H21N3O4S2. The zero-order valence-electron chi connectivity index (χ0n) is 14.1. The van der Waals surface area contributed by atoms with Gasteiger partial charge in [-0.3, -0.25) is 4.90 Å². The highest BCUT2D eigenvalue weighted by Gasteiger charge is 2.17. The fourth-order valence-corrected chi connectivity index (χ4v) is 4.06. The standard InChI is InChI=1S/C16H21N3O4S2/c1-3-19(4-2)10-13-11-24-15(18-13)9-17-25(22,23)14-7-5-6-12(8-14)16(20)21/h5-8,11,17H,3-4,9-10H2,1-2H3,(H,20,21). The van der Waals surface area contributed by atoms with E-state index in [0.29, 0.717) is 5.01 Å². The second kappa shape index (κ2) is 8.52. The number of sulfonamides is 1. The molecule has 2 rings (SSSR count). The van der Waals surface area contributed by atoms with Crippen molar-refractivity contribution in [2.24, 2.45) is 0 Å². The molecule has 0 aliphatic carbocycles. The molecule has 136 valence electrons. The summed E-state index contributed by atoms with van der Waals surface area (Å²) in [6.45, 7) is 6.82. The van der Waals surface area contributed by atoms with Gasteiger partial charge in [0.05, 0.1) is 22.7 Å². The summed E-state index contributed by atoms with van der Waals surface area (Å²) < 4.78 is 27.1. The average molecular weight is 383 g/mol. The summed E-state index contributed by atoms with van der Waals surface area (Å²) in [7, 11) is -3.79. The maximum absolute atomic E-state index is 12.3. The van der Waals surface area contributed by atoms with Crippen LogP contribution in [0.15, 0.2) is 34.5 Å². The van der Waals surface area contributed by atoms with Crippen molar-refractivity contribution in [3.8, 4) is 0 Å². The largest absolute Gasteiger partial charge is 0.478 e. The second-order valence-electron chi connectivity index (χ2n) is 5.35. The molecule has 9 heteroatoms. The monoisotopic (exact) mass is 383 g/mol. The Bertz CT molecular complexity index is 829. The number of carbonyl (C=O) groups is 1. The van der Waals surface area contributed by atoms with Crippen LogP contribution in [-0.4, -0.2) is 42.5 Å². The van der Waals surface area contributed by atoms with Gasteiger partial charge in [-0.05, 0) is 31.3 Å². The van der Waals surface area contributed by atoms with Gasteiger partial charge in [0, 0.05) is 11.9 Å². The summed E-state index contributed by atoms with van der Waals surface area (Å²) >= 11 is 1.40. The summed E-state index contributed by atoms with van der Waals surface area (Å²) in [5.41, 5.74) is 0.842. The molecule has 0 atom stereocenters. The Morgan fingerprint density at radius 3 is 2.68 bits per heavy atom. The molecule has 7 nitrogen and oxygen atoms in total. The first kappa shape index (κ1) is 19.5. The summed E-state index contributed by atoms with van der Waals surface area (Å²) in [5, 5.41) is 11.6. The molecule has 25 heavy (non-hydrogen) atoms. The summed E-state index contributed by atoms with van der Waals surface area (Å²) in [6.07, 6.45) is 0. The van der Waals surface area contributed by atoms with Crippen LogP contribution in [0.5, 0.6) is 0 Å². The number of rotatable bonds is 9. The van der Waals surface area contributed by atoms with Crippen LogP contribution in [0.2, 0.25) is 0 Å². The Morgan fingerprint density at radius 2 is 2.04 bits per heavy atom. The molecule has 0 saturated heterocycles. The Kier molecular flexibility index (Phi) is 6.65. The molecule has 0 amide bonds. The number of carboxylic acids is 1. The first-order valence-corrected chi connectivity index (χ1v) is 10.2. The fourth-order valence-electron chi connectivity index (χ4n) is 2.22. The molecule has 2 N–H and O–H groups in total. The van der Waals surface area contributed by atoms with E-state index in [4.69, 9.17) is 5.11 Å². The Balaban J connectivity index is 2.04. The highest BCUT2D eigenvalue weighted by atomic mass is 32.2. The third-order valence-corrected chi connectivity index (χ3v) is 5.98. The van der Waals surface area contributed by atoms with E-state index in [2.05, 4.69) is 28.5 Å². The van der Waals surface area contributed by atoms with E-state index in [0.717, 1.165) is 31.4 Å². The van der Waals surface area contributed by atoms with Crippen molar-refractivity contribution in [1.82, 2.24) is 14.6 Å². The number of nitrogens with one attached hydrogen (secondary N) is 1. The minimum Gasteiger partial charge on any atom is -0.478 e. The lowest BCUT2D eigenvalue weighted by Crippen LogP contribution is -2.24. The van der Waals surface area contributed by atoms with Gasteiger partial charge < -0.3 is 5.11 Å². The zero-order valence-corrected chi connectivity index (χ0v) is 15.7. The molecule has 1 aromatic heterocycles. The predicted molar refractivity (Wildman–Crippen MR) is 96.2 cm³/mol. The van der Waals surface area contributed by atoms with Crippen molar-refractivity contribution >= 4 is 27.3 Å². The van der Waals surface area contributed by atoms with Gasteiger partial charge in [0.15, 0.2) is 0 Å². The van der Waals surface area contributed by atoms with E-state index in [1.54, 1.807) is 0 Å². The number of thiazole rings is 1. The van der Waals surface area contributed by atoms with E-state index in [-0.39, 0.29) is 17.0 Å². The molecule has 0 spiro atoms. The number of benzene rings is 1. The SMILES string of the molecule is CCN(CC)Cc1csc(CNS(=O)(=O)c2cccc(C(=O)O)c2)n1. The van der Waals surface area contributed by atoms with Gasteiger partial charge in [0.2, 0.25) is 10.0 Å². The number of aromatic carboxylic acids is 1. The van der Waals surface area contributed by atoms with Crippen LogP contribution in [0.4, 0.5) is 0 Å². The summed E-state index contributed by atoms with van der Waals surface area (Å²) in [6, 6.07) is 5.26. The first-order valence-electron chi connectivity index (χ1n) is 7.84. The molecule has 0 aliphatic heterocycles. The van der Waals surface area contributed by atoms with Crippen molar-refractivity contribution < 1.29 is 18.3 Å². The van der Waals surface area contributed by atoms with E-state index >= 15 is 0 Å². The third kappa shape index (κ3) is 5.33. The topological polar surface area (TPSA) is 99.6 Å². The number of hydrogen-bond acceptors (Lipinski definition) is 6. The summed E-state index contributed by atoms with van der Waals surface area (Å²) in [4.78, 5) is 17.6. The molecule has 0 fully saturated rings. The normalized spacial score (nSPS) is 11.8. The van der Waals surface area contributed by atoms with Crippen LogP contribution in [0.25, 0.3) is 0 Å². The van der Waals surface area contributed by atoms with Crippen LogP contribution in [0.1, 0.15) is 34.9 Å². The van der Waals surface area contributed by atoms with Crippen molar-refractivity contribution in [3.05, 3.63) is 45.9 Å². The molecular weight excluding hydrogens is 362 g/mol. The van der Waals surface area contributed by atoms with Gasteiger partial charge in [0.25, 0.3) is 0 Å². The van der Waals surface area contributed by atoms with Crippen LogP contribution < -0.4 is 4.72 Å². The average Bonchev–Trinajstić information content (AvgIpc) is 3.05. The van der Waals surface area contributed by atoms with Crippen LogP contribution >= 0.6 is 11.3 Å². The van der Waals surface area contributed by atoms with E-state index in [1.165, 1.54) is 29.5 Å². The lowest BCUT2D eigenvalue weighted by atomic mass is 10.2. The van der Waals surface area contributed by atoms with Gasteiger partial charge in [-0.15, -0.1) is 11.3 Å². The van der Waals surface area contributed by atoms with Gasteiger partial charge in [-0.1, -0.05) is 19.9 Å². The molecule has 0 aliphatic rings. The quantitative estimate of drug-likeness (QED) is 0.688. The maximum atomic E-state index is 12.3. The van der Waals surface area contributed by atoms with E-state index in [1.807, 2.05) is 5.38 Å². The van der Waals surface area contributed by atoms with Crippen LogP contribution in [0.3, 0.4) is 0 Å². The third-order valence-electron chi connectivity index (χ3n) is 3.68. The van der Waals surface area contributed by atoms with Gasteiger partial charge >= 0.3 is 5.97 Å². The number of hydrogen-bond donors (Lipinski definition) is 2. The lowest BCUT2D eigenvalue weighted by Gasteiger charge is -2.15. The van der Waals surface area contributed by atoms with Gasteiger partial charge in [-0.2, -0.15) is 0 Å². The highest BCUT2D eigenvalue weighted by molar-refractivity contribution is 7.89. The fraction of sp³-hybridized carbons (Fsp3) is 0.375. The number of carboxylic acid groups (broad SMARTS) is 1. The first-order chi connectivity index (χ1) is 11.9. The van der Waals surface area contributed by atoms with Crippen molar-refractivity contribution in [2.45, 2.75) is 31.8 Å². The minimum atomic E-state index is -3.79. The second-order valence-corrected chi connectivity index (χ2v) is 8.06. The molecule has 0 unspecified atom stereocenters. The minimum absolute atomic E-state index is 0.0707. The lowest BCUT2D eigenvalue weighted by molar-refractivity contribution is 0.0696. The van der Waals surface area contributed by atoms with Crippen molar-refractivity contribution in [3.63, 3.8) is 0 Å². The molecule has 2 aromatic rings. The van der Waals surface area contributed by atoms with E-state index < -0.39 is 16.0 Å². The smallest absolute Gasteiger partial charge is 0.335 e. The predicted octanol–water partition coefficient (Wildman–Crippen LogP) is 2.16. The van der Waals surface area contributed by atoms with Crippen LogP contribution in [-0.2, 0) is 23.1 Å². The molecule has 1 aromatic carbocycles. The summed E-state index contributed by atoms with van der Waals surface area (Å²) in [5.74, 6) is -1.17. The highest BCUT2D eigenvalue weighted by Crippen LogP contribution is 2.15. The molecule has 0 saturated carbocycles. The Hall–Kier alpha value is -1.81. The van der Waals surface area contributed by atoms with Crippen molar-refractivity contribution in [2.75, 3.05) is 13.1 Å². The van der Waals surface area contributed by atoms with Gasteiger partial charge in [-0.25, -0.2) is 22.9 Å². The van der Waals surface area contributed by atoms with E-state index in [9.17, 15) is 13.2 Å². The Labute approximate surface area is 151 Å². The van der Waals surface area contributed by atoms with Gasteiger partial charge in [0.1, 0.15) is 5.01 Å². The van der Waals surface area contributed by atoms with Crippen molar-refractivity contribution in [1.29, 1.82) is 0 Å². The molecule has 1 heterocycles. The number of aromatic nitrogens is 1. The Morgan fingerprint density at radius 1 is 1.32 bits per heavy atom. The van der Waals surface area contributed by atoms with Crippen LogP contribution in [0, 0.1) is 0 Å². The maximum Gasteiger partial charge on any atom is 0.335 e. The number of nitrogens with zero attached hydrogens (tertiary/aromatic N) is 2. The molecule has 0 bridgehead atoms. The zero-order chi connectivity index (χ0) is 18.4.